The van der Waals surface area contributed by atoms with E-state index >= 15 is 0 Å². The van der Waals surface area contributed by atoms with Gasteiger partial charge in [-0.15, -0.1) is 0 Å². The Labute approximate surface area is 158 Å². The Balaban J connectivity index is 1.91. The summed E-state index contributed by atoms with van der Waals surface area (Å²) in [5, 5.41) is 16.5. The highest BCUT2D eigenvalue weighted by molar-refractivity contribution is 6.31. The van der Waals surface area contributed by atoms with E-state index in [1.165, 1.54) is 41.4 Å². The number of nitrogens with zero attached hydrogens (tertiary/aromatic N) is 3. The van der Waals surface area contributed by atoms with E-state index in [-0.39, 0.29) is 16.4 Å². The van der Waals surface area contributed by atoms with Crippen molar-refractivity contribution in [2.75, 3.05) is 5.32 Å². The number of hydrogen-bond acceptors (Lipinski definition) is 6. The lowest BCUT2D eigenvalue weighted by atomic mass is 10.0. The topological polar surface area (TPSA) is 92.1 Å². The number of fused-ring (bicyclic) bond motifs is 1. The molecule has 3 heterocycles. The molecule has 0 amide bonds. The van der Waals surface area contributed by atoms with Crippen molar-refractivity contribution in [2.45, 2.75) is 18.8 Å². The second kappa shape index (κ2) is 6.41. The van der Waals surface area contributed by atoms with Gasteiger partial charge in [-0.05, 0) is 36.8 Å². The molecule has 7 nitrogen and oxygen atoms in total. The van der Waals surface area contributed by atoms with Crippen LogP contribution in [0, 0.1) is 5.82 Å². The smallest absolute Gasteiger partial charge is 0.276 e. The monoisotopic (exact) mass is 387 g/mol. The number of benzene rings is 1. The maximum absolute atomic E-state index is 13.8. The summed E-state index contributed by atoms with van der Waals surface area (Å²) in [5.74, 6) is -0.0365. The van der Waals surface area contributed by atoms with Crippen LogP contribution >= 0.6 is 11.6 Å². The van der Waals surface area contributed by atoms with Crippen LogP contribution < -0.4 is 16.2 Å². The average molecular weight is 388 g/mol. The van der Waals surface area contributed by atoms with Crippen molar-refractivity contribution in [1.29, 1.82) is 0 Å². The van der Waals surface area contributed by atoms with Gasteiger partial charge < -0.3 is 10.4 Å². The molecule has 138 valence electrons. The summed E-state index contributed by atoms with van der Waals surface area (Å²) < 4.78 is 15.1. The van der Waals surface area contributed by atoms with Gasteiger partial charge in [0.2, 0.25) is 0 Å². The van der Waals surface area contributed by atoms with E-state index in [9.17, 15) is 14.3 Å². The number of hydrogen-bond donors (Lipinski definition) is 3. The maximum Gasteiger partial charge on any atom is 0.276 e. The van der Waals surface area contributed by atoms with E-state index < -0.39 is 23.3 Å². The van der Waals surface area contributed by atoms with Gasteiger partial charge in [-0.3, -0.25) is 14.7 Å². The van der Waals surface area contributed by atoms with Crippen LogP contribution in [0.25, 0.3) is 0 Å². The van der Waals surface area contributed by atoms with Crippen LogP contribution in [0.1, 0.15) is 24.4 Å². The van der Waals surface area contributed by atoms with Crippen molar-refractivity contribution >= 4 is 23.1 Å². The number of anilines is 2. The Morgan fingerprint density at radius 3 is 2.89 bits per heavy atom. The van der Waals surface area contributed by atoms with E-state index in [1.54, 1.807) is 19.1 Å². The molecule has 3 N–H and O–H groups in total. The van der Waals surface area contributed by atoms with E-state index in [2.05, 4.69) is 20.6 Å². The fraction of sp³-hybridized carbons (Fsp3) is 0.167. The number of rotatable bonds is 3. The summed E-state index contributed by atoms with van der Waals surface area (Å²) in [6, 6.07) is 8.85. The first-order valence-corrected chi connectivity index (χ1v) is 8.49. The molecular weight excluding hydrogens is 373 g/mol. The Morgan fingerprint density at radius 2 is 2.19 bits per heavy atom. The predicted molar refractivity (Wildman–Crippen MR) is 98.3 cm³/mol. The lowest BCUT2D eigenvalue weighted by molar-refractivity contribution is 0.125. The average Bonchev–Trinajstić information content (AvgIpc) is 2.93. The zero-order valence-corrected chi connectivity index (χ0v) is 14.9. The van der Waals surface area contributed by atoms with Crippen molar-refractivity contribution < 1.29 is 9.50 Å². The second-order valence-corrected chi connectivity index (χ2v) is 6.69. The van der Waals surface area contributed by atoms with Crippen molar-refractivity contribution in [3.8, 4) is 0 Å². The quantitative estimate of drug-likeness (QED) is 0.639. The van der Waals surface area contributed by atoms with Crippen molar-refractivity contribution in [1.82, 2.24) is 19.9 Å². The van der Waals surface area contributed by atoms with Crippen LogP contribution in [0.5, 0.6) is 0 Å². The maximum atomic E-state index is 13.8. The highest BCUT2D eigenvalue weighted by Gasteiger charge is 2.43. The molecule has 2 unspecified atom stereocenters. The zero-order chi connectivity index (χ0) is 19.2. The number of nitrogens with one attached hydrogen (secondary N) is 2. The summed E-state index contributed by atoms with van der Waals surface area (Å²) in [6.07, 6.45) is 1.69. The molecular formula is C18H15ClFN5O2. The molecule has 0 fully saturated rings. The molecule has 0 saturated carbocycles. The summed E-state index contributed by atoms with van der Waals surface area (Å²) in [6.45, 7) is 1.67. The first-order valence-electron chi connectivity index (χ1n) is 8.11. The van der Waals surface area contributed by atoms with Crippen LogP contribution in [0.15, 0.2) is 53.7 Å². The largest absolute Gasteiger partial charge is 0.373 e. The number of aliphatic hydroxyl groups is 1. The summed E-state index contributed by atoms with van der Waals surface area (Å²) in [4.78, 5) is 21.0. The molecule has 0 bridgehead atoms. The SMILES string of the molecule is CC1(c2cccc(F)c2)NC(O)c2c(Cl)cc(Nc3ccncn3)c(=O)n21. The Hall–Kier alpha value is -2.81. The molecule has 1 aliphatic rings. The van der Waals surface area contributed by atoms with Crippen LogP contribution in [-0.2, 0) is 5.66 Å². The molecule has 27 heavy (non-hydrogen) atoms. The first kappa shape index (κ1) is 17.6. The van der Waals surface area contributed by atoms with Gasteiger partial charge >= 0.3 is 0 Å². The third-order valence-electron chi connectivity index (χ3n) is 4.55. The number of aromatic nitrogens is 3. The van der Waals surface area contributed by atoms with Crippen molar-refractivity contribution in [3.05, 3.63) is 81.4 Å². The van der Waals surface area contributed by atoms with Gasteiger partial charge in [-0.1, -0.05) is 23.7 Å². The van der Waals surface area contributed by atoms with Gasteiger partial charge in [0.05, 0.1) is 10.7 Å². The molecule has 9 heteroatoms. The van der Waals surface area contributed by atoms with Gasteiger partial charge in [0.25, 0.3) is 5.56 Å². The number of aliphatic hydroxyl groups excluding tert-OH is 1. The minimum atomic E-state index is -1.19. The molecule has 0 saturated heterocycles. The van der Waals surface area contributed by atoms with Crippen LogP contribution in [0.3, 0.4) is 0 Å². The first-order chi connectivity index (χ1) is 12.9. The molecule has 4 rings (SSSR count). The Kier molecular flexibility index (Phi) is 4.18. The Bertz CT molecular complexity index is 1080. The number of halogens is 2. The third kappa shape index (κ3) is 2.87. The minimum Gasteiger partial charge on any atom is -0.373 e. The lowest BCUT2D eigenvalue weighted by Gasteiger charge is -2.28. The normalized spacial score (nSPS) is 21.1. The molecule has 1 aromatic carbocycles. The summed E-state index contributed by atoms with van der Waals surface area (Å²) in [7, 11) is 0. The van der Waals surface area contributed by atoms with Crippen LogP contribution in [0.4, 0.5) is 15.9 Å². The van der Waals surface area contributed by atoms with E-state index in [4.69, 9.17) is 11.6 Å². The third-order valence-corrected chi connectivity index (χ3v) is 4.85. The van der Waals surface area contributed by atoms with E-state index in [0.717, 1.165) is 0 Å². The van der Waals surface area contributed by atoms with Gasteiger partial charge in [0.1, 0.15) is 35.5 Å². The fourth-order valence-electron chi connectivity index (χ4n) is 3.29. The molecule has 0 aliphatic carbocycles. The number of pyridine rings is 1. The lowest BCUT2D eigenvalue weighted by Crippen LogP contribution is -2.45. The van der Waals surface area contributed by atoms with Gasteiger partial charge in [-0.2, -0.15) is 0 Å². The van der Waals surface area contributed by atoms with Crippen LogP contribution in [-0.4, -0.2) is 19.6 Å². The minimum absolute atomic E-state index is 0.168. The second-order valence-electron chi connectivity index (χ2n) is 6.28. The highest BCUT2D eigenvalue weighted by Crippen LogP contribution is 2.37. The van der Waals surface area contributed by atoms with Gasteiger partial charge in [0.15, 0.2) is 0 Å². The predicted octanol–water partition coefficient (Wildman–Crippen LogP) is 2.49. The zero-order valence-electron chi connectivity index (χ0n) is 14.1. The molecule has 1 aliphatic heterocycles. The Morgan fingerprint density at radius 1 is 1.37 bits per heavy atom. The summed E-state index contributed by atoms with van der Waals surface area (Å²) in [5.41, 5.74) is -0.787. The van der Waals surface area contributed by atoms with Crippen LogP contribution in [0.2, 0.25) is 5.02 Å². The molecule has 0 spiro atoms. The standard InChI is InChI=1S/C18H15ClFN5O2/c1-18(10-3-2-4-11(20)7-10)24-16(26)15-12(19)8-13(17(27)25(15)18)23-14-5-6-21-9-22-14/h2-9,16,24,26H,1H3,(H,21,22,23). The van der Waals surface area contributed by atoms with Crippen molar-refractivity contribution in [2.24, 2.45) is 0 Å². The summed E-state index contributed by atoms with van der Waals surface area (Å²) >= 11 is 6.35. The molecule has 2 aromatic heterocycles. The van der Waals surface area contributed by atoms with Gasteiger partial charge in [0, 0.05) is 6.20 Å². The molecule has 2 atom stereocenters. The van der Waals surface area contributed by atoms with E-state index in [1.807, 2.05) is 0 Å². The van der Waals surface area contributed by atoms with Gasteiger partial charge in [-0.25, -0.2) is 14.4 Å². The highest BCUT2D eigenvalue weighted by atomic mass is 35.5. The molecule has 3 aromatic rings. The van der Waals surface area contributed by atoms with E-state index in [0.29, 0.717) is 11.4 Å². The van der Waals surface area contributed by atoms with Crippen molar-refractivity contribution in [3.63, 3.8) is 0 Å². The molecule has 0 radical (unpaired) electrons. The fourth-order valence-corrected chi connectivity index (χ4v) is 3.59.